The lowest BCUT2D eigenvalue weighted by Crippen LogP contribution is -2.23. The molecule has 100 valence electrons. The Labute approximate surface area is 115 Å². The van der Waals surface area contributed by atoms with Crippen LogP contribution in [0.1, 0.15) is 24.5 Å². The molecule has 0 aliphatic heterocycles. The SMILES string of the molecule is COc1ccc(C(O)CNC2CC2)c(OC)c1Br. The average Bonchev–Trinajstić information content (AvgIpc) is 3.19. The van der Waals surface area contributed by atoms with E-state index < -0.39 is 6.10 Å². The molecule has 1 aromatic rings. The Morgan fingerprint density at radius 2 is 2.11 bits per heavy atom. The molecule has 0 bridgehead atoms. The normalized spacial score (nSPS) is 16.4. The van der Waals surface area contributed by atoms with Crippen LogP contribution in [0, 0.1) is 0 Å². The average molecular weight is 316 g/mol. The van der Waals surface area contributed by atoms with E-state index in [1.54, 1.807) is 14.2 Å². The van der Waals surface area contributed by atoms with Crippen molar-refractivity contribution >= 4 is 15.9 Å². The van der Waals surface area contributed by atoms with Crippen molar-refractivity contribution in [3.05, 3.63) is 22.2 Å². The predicted molar refractivity (Wildman–Crippen MR) is 73.2 cm³/mol. The Balaban J connectivity index is 2.16. The van der Waals surface area contributed by atoms with Gasteiger partial charge in [0.2, 0.25) is 0 Å². The highest BCUT2D eigenvalue weighted by Crippen LogP contribution is 2.39. The molecule has 0 spiro atoms. The third-order valence-corrected chi connectivity index (χ3v) is 3.80. The second-order valence-corrected chi connectivity index (χ2v) is 5.20. The van der Waals surface area contributed by atoms with Gasteiger partial charge in [-0.3, -0.25) is 0 Å². The fourth-order valence-corrected chi connectivity index (χ4v) is 2.54. The van der Waals surface area contributed by atoms with Gasteiger partial charge in [0.25, 0.3) is 0 Å². The predicted octanol–water partition coefficient (Wildman–Crippen LogP) is 2.25. The maximum Gasteiger partial charge on any atom is 0.142 e. The number of rotatable bonds is 6. The lowest BCUT2D eigenvalue weighted by Gasteiger charge is -2.18. The Kier molecular flexibility index (Phi) is 4.48. The quantitative estimate of drug-likeness (QED) is 0.845. The molecule has 0 saturated heterocycles. The summed E-state index contributed by atoms with van der Waals surface area (Å²) in [7, 11) is 3.19. The molecule has 0 amide bonds. The molecular weight excluding hydrogens is 298 g/mol. The summed E-state index contributed by atoms with van der Waals surface area (Å²) in [5.41, 5.74) is 0.762. The minimum Gasteiger partial charge on any atom is -0.495 e. The first kappa shape index (κ1) is 13.6. The molecule has 1 unspecified atom stereocenters. The van der Waals surface area contributed by atoms with E-state index in [4.69, 9.17) is 9.47 Å². The number of halogens is 1. The van der Waals surface area contributed by atoms with Gasteiger partial charge in [0.15, 0.2) is 0 Å². The highest BCUT2D eigenvalue weighted by atomic mass is 79.9. The van der Waals surface area contributed by atoms with Crippen LogP contribution in [0.2, 0.25) is 0 Å². The summed E-state index contributed by atoms with van der Waals surface area (Å²) in [6.07, 6.45) is 1.83. The van der Waals surface area contributed by atoms with E-state index in [0.717, 1.165) is 10.0 Å². The van der Waals surface area contributed by atoms with Gasteiger partial charge in [-0.1, -0.05) is 0 Å². The molecule has 5 heteroatoms. The molecule has 1 aliphatic carbocycles. The Hall–Kier alpha value is -0.780. The molecule has 1 aromatic carbocycles. The number of methoxy groups -OCH3 is 2. The minimum absolute atomic E-state index is 0.541. The molecule has 4 nitrogen and oxygen atoms in total. The van der Waals surface area contributed by atoms with Gasteiger partial charge in [0.1, 0.15) is 16.0 Å². The molecule has 1 fully saturated rings. The van der Waals surface area contributed by atoms with Gasteiger partial charge < -0.3 is 19.9 Å². The summed E-state index contributed by atoms with van der Waals surface area (Å²) >= 11 is 3.43. The summed E-state index contributed by atoms with van der Waals surface area (Å²) in [5.74, 6) is 1.32. The molecule has 0 heterocycles. The van der Waals surface area contributed by atoms with Crippen molar-refractivity contribution in [1.29, 1.82) is 0 Å². The molecular formula is C13H18BrNO3. The van der Waals surface area contributed by atoms with Crippen molar-refractivity contribution in [3.8, 4) is 11.5 Å². The maximum atomic E-state index is 10.2. The second kappa shape index (κ2) is 5.91. The largest absolute Gasteiger partial charge is 0.495 e. The van der Waals surface area contributed by atoms with Gasteiger partial charge in [0, 0.05) is 18.2 Å². The van der Waals surface area contributed by atoms with Crippen molar-refractivity contribution < 1.29 is 14.6 Å². The Bertz CT molecular complexity index is 421. The van der Waals surface area contributed by atoms with E-state index in [1.807, 2.05) is 12.1 Å². The topological polar surface area (TPSA) is 50.7 Å². The van der Waals surface area contributed by atoms with Gasteiger partial charge in [-0.25, -0.2) is 0 Å². The Morgan fingerprint density at radius 1 is 1.39 bits per heavy atom. The summed E-state index contributed by atoms with van der Waals surface area (Å²) < 4.78 is 11.3. The number of hydrogen-bond acceptors (Lipinski definition) is 4. The molecule has 1 saturated carbocycles. The van der Waals surface area contributed by atoms with Crippen LogP contribution in [-0.4, -0.2) is 31.9 Å². The van der Waals surface area contributed by atoms with Crippen LogP contribution < -0.4 is 14.8 Å². The number of aliphatic hydroxyl groups is 1. The van der Waals surface area contributed by atoms with Gasteiger partial charge in [-0.2, -0.15) is 0 Å². The number of ether oxygens (including phenoxy) is 2. The maximum absolute atomic E-state index is 10.2. The summed E-state index contributed by atoms with van der Waals surface area (Å²) in [6, 6.07) is 4.23. The molecule has 1 aliphatic rings. The first-order chi connectivity index (χ1) is 8.67. The molecule has 2 N–H and O–H groups in total. The third kappa shape index (κ3) is 2.96. The van der Waals surface area contributed by atoms with Gasteiger partial charge >= 0.3 is 0 Å². The van der Waals surface area contributed by atoms with Crippen molar-refractivity contribution in [2.45, 2.75) is 25.0 Å². The minimum atomic E-state index is -0.581. The number of benzene rings is 1. The summed E-state index contributed by atoms with van der Waals surface area (Å²) in [5, 5.41) is 13.5. The van der Waals surface area contributed by atoms with Gasteiger partial charge in [-0.15, -0.1) is 0 Å². The number of aliphatic hydroxyl groups excluding tert-OH is 1. The lowest BCUT2D eigenvalue weighted by molar-refractivity contribution is 0.169. The van der Waals surface area contributed by atoms with E-state index in [-0.39, 0.29) is 0 Å². The Morgan fingerprint density at radius 3 is 2.67 bits per heavy atom. The van der Waals surface area contributed by atoms with E-state index >= 15 is 0 Å². The smallest absolute Gasteiger partial charge is 0.142 e. The molecule has 2 rings (SSSR count). The van der Waals surface area contributed by atoms with Gasteiger partial charge in [-0.05, 0) is 40.9 Å². The first-order valence-corrected chi connectivity index (χ1v) is 6.78. The molecule has 18 heavy (non-hydrogen) atoms. The van der Waals surface area contributed by atoms with Crippen molar-refractivity contribution in [3.63, 3.8) is 0 Å². The van der Waals surface area contributed by atoms with Crippen molar-refractivity contribution in [2.75, 3.05) is 20.8 Å². The van der Waals surface area contributed by atoms with Crippen LogP contribution in [0.15, 0.2) is 16.6 Å². The van der Waals surface area contributed by atoms with E-state index in [2.05, 4.69) is 21.2 Å². The lowest BCUT2D eigenvalue weighted by atomic mass is 10.1. The number of nitrogens with one attached hydrogen (secondary N) is 1. The fourth-order valence-electron chi connectivity index (χ4n) is 1.86. The molecule has 1 atom stereocenters. The van der Waals surface area contributed by atoms with Crippen LogP contribution in [0.4, 0.5) is 0 Å². The highest BCUT2D eigenvalue weighted by Gasteiger charge is 2.23. The monoisotopic (exact) mass is 315 g/mol. The van der Waals surface area contributed by atoms with Crippen molar-refractivity contribution in [1.82, 2.24) is 5.32 Å². The molecule has 0 radical (unpaired) electrons. The second-order valence-electron chi connectivity index (χ2n) is 4.40. The molecule has 0 aromatic heterocycles. The van der Waals surface area contributed by atoms with Crippen LogP contribution in [-0.2, 0) is 0 Å². The summed E-state index contributed by atoms with van der Waals surface area (Å²) in [4.78, 5) is 0. The first-order valence-electron chi connectivity index (χ1n) is 5.99. The zero-order valence-electron chi connectivity index (χ0n) is 10.6. The van der Waals surface area contributed by atoms with E-state index in [1.165, 1.54) is 12.8 Å². The standard InChI is InChI=1S/C13H18BrNO3/c1-17-11-6-5-9(13(18-2)12(11)14)10(16)7-15-8-3-4-8/h5-6,8,10,15-16H,3-4,7H2,1-2H3. The summed E-state index contributed by atoms with van der Waals surface area (Å²) in [6.45, 7) is 0.541. The van der Waals surface area contributed by atoms with Crippen molar-refractivity contribution in [2.24, 2.45) is 0 Å². The fraction of sp³-hybridized carbons (Fsp3) is 0.538. The van der Waals surface area contributed by atoms with E-state index in [9.17, 15) is 5.11 Å². The zero-order valence-corrected chi connectivity index (χ0v) is 12.2. The zero-order chi connectivity index (χ0) is 13.1. The van der Waals surface area contributed by atoms with Crippen LogP contribution in [0.25, 0.3) is 0 Å². The van der Waals surface area contributed by atoms with Crippen LogP contribution >= 0.6 is 15.9 Å². The van der Waals surface area contributed by atoms with E-state index in [0.29, 0.717) is 24.1 Å². The highest BCUT2D eigenvalue weighted by molar-refractivity contribution is 9.10. The third-order valence-electron chi connectivity index (χ3n) is 3.05. The van der Waals surface area contributed by atoms with Crippen LogP contribution in [0.3, 0.4) is 0 Å². The van der Waals surface area contributed by atoms with Crippen LogP contribution in [0.5, 0.6) is 11.5 Å². The number of hydrogen-bond donors (Lipinski definition) is 2. The van der Waals surface area contributed by atoms with Gasteiger partial charge in [0.05, 0.1) is 20.3 Å².